The highest BCUT2D eigenvalue weighted by Gasteiger charge is 2.16. The van der Waals surface area contributed by atoms with Crippen molar-refractivity contribution in [2.75, 3.05) is 13.2 Å². The zero-order valence-electron chi connectivity index (χ0n) is 49.7. The number of hydrogen-bond acceptors (Lipinski definition) is 5. The second-order valence-electron chi connectivity index (χ2n) is 21.1. The van der Waals surface area contributed by atoms with Gasteiger partial charge in [0.05, 0.1) is 6.61 Å². The summed E-state index contributed by atoms with van der Waals surface area (Å²) in [6.45, 7) is 3.92. The maximum atomic E-state index is 12.3. The Labute approximate surface area is 471 Å². The lowest BCUT2D eigenvalue weighted by molar-refractivity contribution is -0.161. The molecule has 0 saturated heterocycles. The molecule has 5 nitrogen and oxygen atoms in total. The average molecular weight is 1050 g/mol. The van der Waals surface area contributed by atoms with Gasteiger partial charge in [-0.1, -0.05) is 302 Å². The Morgan fingerprint density at radius 2 is 0.526 bits per heavy atom. The molecule has 0 bridgehead atoms. The van der Waals surface area contributed by atoms with Gasteiger partial charge in [-0.2, -0.15) is 0 Å². The lowest BCUT2D eigenvalue weighted by Gasteiger charge is -2.15. The van der Waals surface area contributed by atoms with Crippen molar-refractivity contribution in [1.29, 1.82) is 0 Å². The van der Waals surface area contributed by atoms with Crippen molar-refractivity contribution < 1.29 is 24.2 Å². The number of hydrogen-bond donors (Lipinski definition) is 1. The number of carbonyl (C=O) groups excluding carboxylic acids is 2. The van der Waals surface area contributed by atoms with Crippen LogP contribution in [0.1, 0.15) is 296 Å². The van der Waals surface area contributed by atoms with E-state index < -0.39 is 6.10 Å². The molecule has 0 rings (SSSR count). The van der Waals surface area contributed by atoms with E-state index in [1.54, 1.807) is 0 Å². The first-order chi connectivity index (χ1) is 37.6. The minimum absolute atomic E-state index is 0.0752. The van der Waals surface area contributed by atoms with E-state index in [2.05, 4.69) is 135 Å². The fourth-order valence-electron chi connectivity index (χ4n) is 9.02. The number of allylic oxidation sites excluding steroid dienone is 20. The SMILES string of the molecule is CC/C=C\C/C=C\C/C=C\C/C=C\C/C=C\C/C=C\CCCCCCCCC(=O)OC(CO)COC(=O)CCCCCCCCCCCCCCCCCCCCCCCCCC/C=C\C/C=C\C/C=C\C/C=C\CC. The highest BCUT2D eigenvalue weighted by Crippen LogP contribution is 2.17. The largest absolute Gasteiger partial charge is 0.462 e. The van der Waals surface area contributed by atoms with Gasteiger partial charge < -0.3 is 14.6 Å². The molecule has 0 aliphatic heterocycles. The summed E-state index contributed by atoms with van der Waals surface area (Å²) in [7, 11) is 0. The number of esters is 2. The second-order valence-corrected chi connectivity index (χ2v) is 21.1. The minimum atomic E-state index is -0.787. The third-order valence-electron chi connectivity index (χ3n) is 13.8. The van der Waals surface area contributed by atoms with E-state index in [9.17, 15) is 14.7 Å². The molecular formula is C71H120O5. The Morgan fingerprint density at radius 3 is 0.789 bits per heavy atom. The summed E-state index contributed by atoms with van der Waals surface area (Å²) in [6.07, 6.45) is 96.4. The Morgan fingerprint density at radius 1 is 0.303 bits per heavy atom. The fourth-order valence-corrected chi connectivity index (χ4v) is 9.02. The first kappa shape index (κ1) is 72.3. The van der Waals surface area contributed by atoms with E-state index in [4.69, 9.17) is 9.47 Å². The van der Waals surface area contributed by atoms with Crippen LogP contribution in [0.4, 0.5) is 0 Å². The Kier molecular flexibility index (Phi) is 62.4. The van der Waals surface area contributed by atoms with E-state index >= 15 is 0 Å². The van der Waals surface area contributed by atoms with Crippen LogP contribution in [0.25, 0.3) is 0 Å². The quantitative estimate of drug-likeness (QED) is 0.0373. The van der Waals surface area contributed by atoms with Crippen LogP contribution < -0.4 is 0 Å². The maximum Gasteiger partial charge on any atom is 0.306 e. The molecule has 1 N–H and O–H groups in total. The molecule has 0 amide bonds. The molecule has 0 radical (unpaired) electrons. The molecule has 1 unspecified atom stereocenters. The van der Waals surface area contributed by atoms with E-state index in [-0.39, 0.29) is 25.2 Å². The Bertz CT molecular complexity index is 1520. The standard InChI is InChI=1S/C71H120O5/c1-3-5-7-9-11-13-15-17-19-21-23-25-27-29-30-31-32-33-34-35-36-37-38-39-40-42-43-45-47-49-51-53-55-57-59-61-63-65-70(73)75-68-69(67-72)76-71(74)66-64-62-60-58-56-54-52-50-48-46-44-41-28-26-24-22-20-18-16-14-12-10-8-6-4-2/h5-8,11-14,17-20,23-26,41,44,48,50,69,72H,3-4,9-10,15-16,21-22,27-40,42-43,45-47,49,51-68H2,1-2H3/b7-5-,8-6-,13-11-,14-12-,19-17-,20-18-,25-23-,26-24-,44-41-,50-48-. The topological polar surface area (TPSA) is 72.8 Å². The first-order valence-corrected chi connectivity index (χ1v) is 32.1. The van der Waals surface area contributed by atoms with Gasteiger partial charge >= 0.3 is 11.9 Å². The highest BCUT2D eigenvalue weighted by atomic mass is 16.6. The second kappa shape index (κ2) is 65.6. The molecule has 0 heterocycles. The summed E-state index contributed by atoms with van der Waals surface area (Å²) >= 11 is 0. The molecule has 0 aliphatic carbocycles. The van der Waals surface area contributed by atoms with Crippen LogP contribution in [0.5, 0.6) is 0 Å². The summed E-state index contributed by atoms with van der Waals surface area (Å²) in [4.78, 5) is 24.6. The van der Waals surface area contributed by atoms with Crippen LogP contribution in [-0.2, 0) is 19.1 Å². The molecule has 0 fully saturated rings. The van der Waals surface area contributed by atoms with E-state index in [1.165, 1.54) is 161 Å². The van der Waals surface area contributed by atoms with Crippen molar-refractivity contribution in [1.82, 2.24) is 0 Å². The Balaban J connectivity index is 3.47. The zero-order valence-corrected chi connectivity index (χ0v) is 49.7. The predicted molar refractivity (Wildman–Crippen MR) is 334 cm³/mol. The maximum absolute atomic E-state index is 12.3. The van der Waals surface area contributed by atoms with Crippen molar-refractivity contribution in [3.05, 3.63) is 122 Å². The number of aliphatic hydroxyl groups excluding tert-OH is 1. The summed E-state index contributed by atoms with van der Waals surface area (Å²) in [6, 6.07) is 0. The fraction of sp³-hybridized carbons (Fsp3) is 0.690. The highest BCUT2D eigenvalue weighted by molar-refractivity contribution is 5.70. The molecule has 1 atom stereocenters. The van der Waals surface area contributed by atoms with Crippen molar-refractivity contribution in [3.8, 4) is 0 Å². The molecule has 0 spiro atoms. The summed E-state index contributed by atoms with van der Waals surface area (Å²) in [5, 5.41) is 9.68. The summed E-state index contributed by atoms with van der Waals surface area (Å²) in [5.41, 5.74) is 0. The van der Waals surface area contributed by atoms with Gasteiger partial charge in [-0.15, -0.1) is 0 Å². The van der Waals surface area contributed by atoms with Gasteiger partial charge in [0, 0.05) is 12.8 Å². The third kappa shape index (κ3) is 62.8. The smallest absolute Gasteiger partial charge is 0.306 e. The van der Waals surface area contributed by atoms with Gasteiger partial charge in [0.15, 0.2) is 6.10 Å². The number of aliphatic hydroxyl groups is 1. The van der Waals surface area contributed by atoms with Gasteiger partial charge in [-0.3, -0.25) is 9.59 Å². The molecule has 5 heteroatoms. The van der Waals surface area contributed by atoms with Gasteiger partial charge in [-0.25, -0.2) is 0 Å². The summed E-state index contributed by atoms with van der Waals surface area (Å²) < 4.78 is 10.7. The van der Waals surface area contributed by atoms with Crippen LogP contribution in [-0.4, -0.2) is 36.4 Å². The van der Waals surface area contributed by atoms with E-state index in [0.29, 0.717) is 12.8 Å². The lowest BCUT2D eigenvalue weighted by Crippen LogP contribution is -2.28. The molecule has 0 aromatic carbocycles. The number of carbonyl (C=O) groups is 2. The van der Waals surface area contributed by atoms with Crippen LogP contribution in [0.15, 0.2) is 122 Å². The van der Waals surface area contributed by atoms with Crippen LogP contribution in [0.3, 0.4) is 0 Å². The van der Waals surface area contributed by atoms with E-state index in [0.717, 1.165) is 109 Å². The zero-order chi connectivity index (χ0) is 54.8. The van der Waals surface area contributed by atoms with Crippen LogP contribution >= 0.6 is 0 Å². The Hall–Kier alpha value is -3.70. The average Bonchev–Trinajstić information content (AvgIpc) is 3.42. The number of rotatable bonds is 58. The lowest BCUT2D eigenvalue weighted by atomic mass is 10.0. The minimum Gasteiger partial charge on any atom is -0.462 e. The number of unbranched alkanes of at least 4 members (excludes halogenated alkanes) is 30. The predicted octanol–water partition coefficient (Wildman–Crippen LogP) is 22.2. The third-order valence-corrected chi connectivity index (χ3v) is 13.8. The van der Waals surface area contributed by atoms with Crippen molar-refractivity contribution >= 4 is 11.9 Å². The number of ether oxygens (including phenoxy) is 2. The molecule has 0 aromatic rings. The van der Waals surface area contributed by atoms with Crippen LogP contribution in [0, 0.1) is 0 Å². The van der Waals surface area contributed by atoms with E-state index in [1.807, 2.05) is 0 Å². The van der Waals surface area contributed by atoms with Crippen molar-refractivity contribution in [3.63, 3.8) is 0 Å². The van der Waals surface area contributed by atoms with Gasteiger partial charge in [0.25, 0.3) is 0 Å². The van der Waals surface area contributed by atoms with Gasteiger partial charge in [0.2, 0.25) is 0 Å². The van der Waals surface area contributed by atoms with Gasteiger partial charge in [0.1, 0.15) is 6.61 Å². The van der Waals surface area contributed by atoms with Crippen LogP contribution in [0.2, 0.25) is 0 Å². The monoisotopic (exact) mass is 1050 g/mol. The van der Waals surface area contributed by atoms with Crippen molar-refractivity contribution in [2.45, 2.75) is 302 Å². The van der Waals surface area contributed by atoms with Crippen molar-refractivity contribution in [2.24, 2.45) is 0 Å². The molecular weight excluding hydrogens is 933 g/mol. The molecule has 0 aliphatic rings. The normalized spacial score (nSPS) is 13.0. The molecule has 76 heavy (non-hydrogen) atoms. The first-order valence-electron chi connectivity index (χ1n) is 32.1. The molecule has 0 aromatic heterocycles. The summed E-state index contributed by atoms with van der Waals surface area (Å²) in [5.74, 6) is -0.603. The van der Waals surface area contributed by atoms with Gasteiger partial charge in [-0.05, 0) is 103 Å². The molecule has 0 saturated carbocycles. The molecule has 434 valence electrons.